The summed E-state index contributed by atoms with van der Waals surface area (Å²) in [6.45, 7) is 7.82. The summed E-state index contributed by atoms with van der Waals surface area (Å²) in [5, 5.41) is 3.36. The Bertz CT molecular complexity index is 430. The van der Waals surface area contributed by atoms with Crippen LogP contribution in [-0.4, -0.2) is 35.3 Å². The van der Waals surface area contributed by atoms with Crippen molar-refractivity contribution < 1.29 is 9.59 Å². The van der Waals surface area contributed by atoms with Gasteiger partial charge in [-0.1, -0.05) is 51.3 Å². The van der Waals surface area contributed by atoms with Gasteiger partial charge in [-0.2, -0.15) is 0 Å². The molecule has 2 aliphatic rings. The van der Waals surface area contributed by atoms with Crippen molar-refractivity contribution in [3.8, 4) is 0 Å². The molecule has 1 aliphatic heterocycles. The zero-order valence-corrected chi connectivity index (χ0v) is 13.7. The summed E-state index contributed by atoms with van der Waals surface area (Å²) in [7, 11) is 0. The summed E-state index contributed by atoms with van der Waals surface area (Å²) >= 11 is 5.91. The van der Waals surface area contributed by atoms with Crippen LogP contribution in [0.3, 0.4) is 0 Å². The third-order valence-electron chi connectivity index (χ3n) is 4.55. The van der Waals surface area contributed by atoms with Gasteiger partial charge in [-0.3, -0.25) is 9.59 Å². The minimum atomic E-state index is -0.451. The molecule has 0 spiro atoms. The predicted octanol–water partition coefficient (Wildman–Crippen LogP) is 2.67. The highest BCUT2D eigenvalue weighted by atomic mass is 35.5. The molecule has 0 aromatic rings. The minimum absolute atomic E-state index is 0.00185. The van der Waals surface area contributed by atoms with Gasteiger partial charge in [0.2, 0.25) is 11.8 Å². The molecular weight excluding hydrogens is 288 g/mol. The molecular formula is C16H25ClN2O2. The van der Waals surface area contributed by atoms with Crippen molar-refractivity contribution in [3.05, 3.63) is 11.6 Å². The lowest BCUT2D eigenvalue weighted by Gasteiger charge is -2.43. The lowest BCUT2D eigenvalue weighted by Crippen LogP contribution is -2.66. The Balaban J connectivity index is 2.21. The molecule has 4 nitrogen and oxygen atoms in total. The van der Waals surface area contributed by atoms with Crippen molar-refractivity contribution in [1.29, 1.82) is 0 Å². The van der Waals surface area contributed by atoms with E-state index in [4.69, 9.17) is 11.6 Å². The maximum Gasteiger partial charge on any atom is 0.246 e. The van der Waals surface area contributed by atoms with Crippen LogP contribution in [0.4, 0.5) is 0 Å². The zero-order valence-electron chi connectivity index (χ0n) is 12.9. The number of carbonyl (C=O) groups excluding carboxylic acids is 2. The monoisotopic (exact) mass is 312 g/mol. The average Bonchev–Trinajstić information content (AvgIpc) is 2.42. The van der Waals surface area contributed by atoms with E-state index in [0.717, 1.165) is 25.7 Å². The molecule has 2 unspecified atom stereocenters. The van der Waals surface area contributed by atoms with Crippen LogP contribution in [0.15, 0.2) is 11.6 Å². The van der Waals surface area contributed by atoms with Crippen molar-refractivity contribution in [2.24, 2.45) is 11.8 Å². The second-order valence-electron chi connectivity index (χ2n) is 6.56. The topological polar surface area (TPSA) is 49.4 Å². The molecule has 0 radical (unpaired) electrons. The summed E-state index contributed by atoms with van der Waals surface area (Å²) < 4.78 is 0. The highest BCUT2D eigenvalue weighted by Gasteiger charge is 2.44. The Morgan fingerprint density at radius 1 is 1.33 bits per heavy atom. The number of halogens is 1. The van der Waals surface area contributed by atoms with Crippen molar-refractivity contribution >= 4 is 23.4 Å². The molecule has 2 atom stereocenters. The Kier molecular flexibility index (Phi) is 5.31. The smallest absolute Gasteiger partial charge is 0.246 e. The molecule has 1 aliphatic carbocycles. The number of carbonyl (C=O) groups is 2. The maximum absolute atomic E-state index is 12.8. The van der Waals surface area contributed by atoms with Crippen LogP contribution >= 0.6 is 11.6 Å². The minimum Gasteiger partial charge on any atom is -0.342 e. The van der Waals surface area contributed by atoms with Gasteiger partial charge < -0.3 is 10.2 Å². The normalized spacial score (nSPS) is 27.9. The van der Waals surface area contributed by atoms with Gasteiger partial charge in [0.25, 0.3) is 0 Å². The fourth-order valence-corrected chi connectivity index (χ4v) is 3.70. The van der Waals surface area contributed by atoms with E-state index in [9.17, 15) is 9.59 Å². The fraction of sp³-hybridized carbons (Fsp3) is 0.750. The van der Waals surface area contributed by atoms with Crippen molar-refractivity contribution in [3.63, 3.8) is 0 Å². The highest BCUT2D eigenvalue weighted by Crippen LogP contribution is 2.30. The van der Waals surface area contributed by atoms with E-state index in [0.29, 0.717) is 5.03 Å². The van der Waals surface area contributed by atoms with E-state index >= 15 is 0 Å². The van der Waals surface area contributed by atoms with Crippen molar-refractivity contribution in [2.75, 3.05) is 6.54 Å². The third kappa shape index (κ3) is 3.60. The number of hydrogen-bond acceptors (Lipinski definition) is 2. The maximum atomic E-state index is 12.8. The molecule has 1 saturated carbocycles. The van der Waals surface area contributed by atoms with E-state index in [1.165, 1.54) is 6.42 Å². The first kappa shape index (κ1) is 16.3. The summed E-state index contributed by atoms with van der Waals surface area (Å²) in [5.41, 5.74) is 0. The molecule has 118 valence electrons. The molecule has 0 aromatic heterocycles. The van der Waals surface area contributed by atoms with E-state index in [2.05, 4.69) is 11.9 Å². The molecule has 21 heavy (non-hydrogen) atoms. The van der Waals surface area contributed by atoms with Gasteiger partial charge in [0.1, 0.15) is 12.1 Å². The summed E-state index contributed by atoms with van der Waals surface area (Å²) in [5.74, 6) is 0.256. The van der Waals surface area contributed by atoms with Gasteiger partial charge in [0, 0.05) is 5.03 Å². The quantitative estimate of drug-likeness (QED) is 0.867. The van der Waals surface area contributed by atoms with Crippen molar-refractivity contribution in [1.82, 2.24) is 10.2 Å². The van der Waals surface area contributed by atoms with Gasteiger partial charge in [0.15, 0.2) is 0 Å². The average molecular weight is 313 g/mol. The van der Waals surface area contributed by atoms with Gasteiger partial charge in [-0.25, -0.2) is 0 Å². The second kappa shape index (κ2) is 6.82. The summed E-state index contributed by atoms with van der Waals surface area (Å²) in [6, 6.07) is -0.836. The lowest BCUT2D eigenvalue weighted by atomic mass is 9.81. The second-order valence-corrected chi connectivity index (χ2v) is 7.09. The number of amides is 2. The number of hydrogen-bond donors (Lipinski definition) is 1. The van der Waals surface area contributed by atoms with Crippen LogP contribution in [0.1, 0.15) is 46.0 Å². The molecule has 5 heteroatoms. The van der Waals surface area contributed by atoms with Gasteiger partial charge in [0.05, 0.1) is 6.54 Å². The first-order valence-corrected chi connectivity index (χ1v) is 8.23. The molecule has 1 heterocycles. The van der Waals surface area contributed by atoms with Crippen LogP contribution in [0.2, 0.25) is 0 Å². The van der Waals surface area contributed by atoms with E-state index in [1.807, 2.05) is 13.8 Å². The zero-order chi connectivity index (χ0) is 15.6. The van der Waals surface area contributed by atoms with Crippen LogP contribution in [-0.2, 0) is 9.59 Å². The van der Waals surface area contributed by atoms with Crippen LogP contribution in [0.25, 0.3) is 0 Å². The standard InChI is InChI=1S/C16H25ClN2O2/c1-10(2)14-15(20)18-13(12-7-5-4-6-8-12)16(21)19(14)9-11(3)17/h10,12-14H,3-9H2,1-2H3,(H,18,20). The number of nitrogens with zero attached hydrogens (tertiary/aromatic N) is 1. The Morgan fingerprint density at radius 3 is 2.48 bits per heavy atom. The van der Waals surface area contributed by atoms with Gasteiger partial charge >= 0.3 is 0 Å². The van der Waals surface area contributed by atoms with E-state index in [-0.39, 0.29) is 36.2 Å². The molecule has 1 N–H and O–H groups in total. The molecule has 0 bridgehead atoms. The summed E-state index contributed by atoms with van der Waals surface area (Å²) in [4.78, 5) is 26.9. The molecule has 1 saturated heterocycles. The molecule has 2 rings (SSSR count). The third-order valence-corrected chi connectivity index (χ3v) is 4.67. The first-order chi connectivity index (χ1) is 9.91. The predicted molar refractivity (Wildman–Crippen MR) is 83.8 cm³/mol. The molecule has 0 aromatic carbocycles. The Labute approximate surface area is 131 Å². The van der Waals surface area contributed by atoms with Crippen molar-refractivity contribution in [2.45, 2.75) is 58.0 Å². The van der Waals surface area contributed by atoms with Crippen LogP contribution < -0.4 is 5.32 Å². The molecule has 2 fully saturated rings. The number of piperazine rings is 1. The van der Waals surface area contributed by atoms with E-state index in [1.54, 1.807) is 4.90 Å². The van der Waals surface area contributed by atoms with Gasteiger partial charge in [-0.05, 0) is 24.7 Å². The summed E-state index contributed by atoms with van der Waals surface area (Å²) in [6.07, 6.45) is 5.53. The fourth-order valence-electron chi connectivity index (χ4n) is 3.57. The molecule has 2 amide bonds. The Morgan fingerprint density at radius 2 is 1.95 bits per heavy atom. The SMILES string of the molecule is C=C(Cl)CN1C(=O)C(C2CCCCC2)NC(=O)C1C(C)C. The van der Waals surface area contributed by atoms with Gasteiger partial charge in [-0.15, -0.1) is 0 Å². The number of nitrogens with one attached hydrogen (secondary N) is 1. The number of rotatable bonds is 4. The van der Waals surface area contributed by atoms with E-state index < -0.39 is 6.04 Å². The van der Waals surface area contributed by atoms with Crippen LogP contribution in [0.5, 0.6) is 0 Å². The Hall–Kier alpha value is -1.03. The lowest BCUT2D eigenvalue weighted by molar-refractivity contribution is -0.152. The highest BCUT2D eigenvalue weighted by molar-refractivity contribution is 6.29. The first-order valence-electron chi connectivity index (χ1n) is 7.86. The van der Waals surface area contributed by atoms with Crippen LogP contribution in [0, 0.1) is 11.8 Å². The largest absolute Gasteiger partial charge is 0.342 e.